The third kappa shape index (κ3) is 3.13. The molecule has 0 saturated heterocycles. The second kappa shape index (κ2) is 5.73. The average molecular weight is 246 g/mol. The van der Waals surface area contributed by atoms with Gasteiger partial charge in [0.15, 0.2) is 5.65 Å². The zero-order valence-electron chi connectivity index (χ0n) is 10.7. The van der Waals surface area contributed by atoms with Gasteiger partial charge in [0.2, 0.25) is 0 Å². The number of nitrogens with one attached hydrogen (secondary N) is 1. The van der Waals surface area contributed by atoms with Gasteiger partial charge in [-0.05, 0) is 24.5 Å². The first-order chi connectivity index (χ1) is 8.69. The Bertz CT molecular complexity index is 515. The molecule has 0 spiro atoms. The first kappa shape index (κ1) is 12.7. The van der Waals surface area contributed by atoms with Crippen molar-refractivity contribution in [1.82, 2.24) is 15.0 Å². The largest absolute Gasteiger partial charge is 0.394 e. The molecule has 2 aromatic heterocycles. The highest BCUT2D eigenvalue weighted by atomic mass is 16.3. The van der Waals surface area contributed by atoms with Crippen LogP contribution in [0.2, 0.25) is 0 Å². The van der Waals surface area contributed by atoms with Crippen LogP contribution in [0.3, 0.4) is 0 Å². The molecule has 0 bridgehead atoms. The second-order valence-electron chi connectivity index (χ2n) is 4.75. The van der Waals surface area contributed by atoms with E-state index in [1.807, 2.05) is 12.1 Å². The van der Waals surface area contributed by atoms with Crippen molar-refractivity contribution in [2.24, 2.45) is 5.92 Å². The molecule has 1 unspecified atom stereocenters. The van der Waals surface area contributed by atoms with Crippen LogP contribution in [0.15, 0.2) is 24.5 Å². The Balaban J connectivity index is 2.15. The molecule has 5 nitrogen and oxygen atoms in total. The van der Waals surface area contributed by atoms with Crippen LogP contribution in [0.4, 0.5) is 5.82 Å². The van der Waals surface area contributed by atoms with Crippen molar-refractivity contribution in [3.05, 3.63) is 24.5 Å². The molecule has 2 rings (SSSR count). The number of aliphatic hydroxyl groups excluding tert-OH is 1. The van der Waals surface area contributed by atoms with Gasteiger partial charge in [0.05, 0.1) is 12.6 Å². The molecule has 1 atom stereocenters. The lowest BCUT2D eigenvalue weighted by molar-refractivity contribution is 0.259. The van der Waals surface area contributed by atoms with Gasteiger partial charge in [0, 0.05) is 12.4 Å². The highest BCUT2D eigenvalue weighted by Crippen LogP contribution is 2.13. The molecule has 2 aromatic rings. The molecule has 18 heavy (non-hydrogen) atoms. The van der Waals surface area contributed by atoms with Crippen LogP contribution < -0.4 is 5.32 Å². The highest BCUT2D eigenvalue weighted by Gasteiger charge is 2.10. The molecule has 0 aromatic carbocycles. The van der Waals surface area contributed by atoms with E-state index in [0.717, 1.165) is 17.8 Å². The van der Waals surface area contributed by atoms with E-state index in [0.29, 0.717) is 11.6 Å². The van der Waals surface area contributed by atoms with Gasteiger partial charge in [-0.3, -0.25) is 4.98 Å². The van der Waals surface area contributed by atoms with Crippen molar-refractivity contribution >= 4 is 17.0 Å². The Labute approximate surface area is 106 Å². The van der Waals surface area contributed by atoms with Crippen LogP contribution in [-0.4, -0.2) is 32.7 Å². The van der Waals surface area contributed by atoms with E-state index in [4.69, 9.17) is 0 Å². The maximum atomic E-state index is 9.33. The van der Waals surface area contributed by atoms with Gasteiger partial charge in [-0.2, -0.15) is 0 Å². The third-order valence-electron chi connectivity index (χ3n) is 2.66. The zero-order valence-corrected chi connectivity index (χ0v) is 10.7. The van der Waals surface area contributed by atoms with Crippen LogP contribution in [0.1, 0.15) is 20.3 Å². The first-order valence-electron chi connectivity index (χ1n) is 6.14. The fourth-order valence-electron chi connectivity index (χ4n) is 1.89. The molecule has 0 saturated carbocycles. The van der Waals surface area contributed by atoms with E-state index in [1.54, 1.807) is 12.4 Å². The fourth-order valence-corrected chi connectivity index (χ4v) is 1.89. The number of aromatic nitrogens is 3. The van der Waals surface area contributed by atoms with Gasteiger partial charge in [-0.15, -0.1) is 0 Å². The van der Waals surface area contributed by atoms with Gasteiger partial charge < -0.3 is 10.4 Å². The SMILES string of the molecule is CC(C)CC(CO)Nc1ccc2nccnc2n1. The van der Waals surface area contributed by atoms with Crippen molar-refractivity contribution < 1.29 is 5.11 Å². The molecule has 0 aliphatic carbocycles. The van der Waals surface area contributed by atoms with E-state index in [2.05, 4.69) is 34.1 Å². The number of aliphatic hydroxyl groups is 1. The van der Waals surface area contributed by atoms with E-state index in [9.17, 15) is 5.11 Å². The third-order valence-corrected chi connectivity index (χ3v) is 2.66. The van der Waals surface area contributed by atoms with Gasteiger partial charge >= 0.3 is 0 Å². The minimum absolute atomic E-state index is 0.0200. The molecule has 2 N–H and O–H groups in total. The number of rotatable bonds is 5. The van der Waals surface area contributed by atoms with Crippen molar-refractivity contribution in [1.29, 1.82) is 0 Å². The molecule has 0 amide bonds. The van der Waals surface area contributed by atoms with E-state index in [1.165, 1.54) is 0 Å². The Hall–Kier alpha value is -1.75. The van der Waals surface area contributed by atoms with E-state index in [-0.39, 0.29) is 12.6 Å². The minimum atomic E-state index is 0.0200. The van der Waals surface area contributed by atoms with E-state index < -0.39 is 0 Å². The Morgan fingerprint density at radius 3 is 2.72 bits per heavy atom. The summed E-state index contributed by atoms with van der Waals surface area (Å²) in [4.78, 5) is 12.7. The first-order valence-corrected chi connectivity index (χ1v) is 6.14. The van der Waals surface area contributed by atoms with Crippen molar-refractivity contribution in [3.63, 3.8) is 0 Å². The lowest BCUT2D eigenvalue weighted by Crippen LogP contribution is -2.26. The molecule has 2 heterocycles. The maximum Gasteiger partial charge on any atom is 0.180 e. The summed E-state index contributed by atoms with van der Waals surface area (Å²) in [5.41, 5.74) is 1.39. The number of hydrogen-bond donors (Lipinski definition) is 2. The summed E-state index contributed by atoms with van der Waals surface area (Å²) >= 11 is 0. The zero-order chi connectivity index (χ0) is 13.0. The number of hydrogen-bond acceptors (Lipinski definition) is 5. The standard InChI is InChI=1S/C13H18N4O/c1-9(2)7-10(8-18)16-12-4-3-11-13(17-12)15-6-5-14-11/h3-6,9-10,18H,7-8H2,1-2H3,(H,15,16,17). The molecule has 5 heteroatoms. The summed E-state index contributed by atoms with van der Waals surface area (Å²) in [6.45, 7) is 4.35. The second-order valence-corrected chi connectivity index (χ2v) is 4.75. The van der Waals surface area contributed by atoms with Gasteiger partial charge in [-0.25, -0.2) is 9.97 Å². The highest BCUT2D eigenvalue weighted by molar-refractivity contribution is 5.71. The molecule has 0 aliphatic rings. The fraction of sp³-hybridized carbons (Fsp3) is 0.462. The van der Waals surface area contributed by atoms with Gasteiger partial charge in [-0.1, -0.05) is 13.8 Å². The summed E-state index contributed by atoms with van der Waals surface area (Å²) < 4.78 is 0. The Morgan fingerprint density at radius 2 is 2.00 bits per heavy atom. The van der Waals surface area contributed by atoms with Crippen LogP contribution in [0.25, 0.3) is 11.2 Å². The lowest BCUT2D eigenvalue weighted by Gasteiger charge is -2.18. The smallest absolute Gasteiger partial charge is 0.180 e. The predicted octanol–water partition coefficient (Wildman–Crippen LogP) is 1.84. The topological polar surface area (TPSA) is 70.9 Å². The van der Waals surface area contributed by atoms with Crippen molar-refractivity contribution in [2.45, 2.75) is 26.3 Å². The number of anilines is 1. The summed E-state index contributed by atoms with van der Waals surface area (Å²) in [7, 11) is 0. The van der Waals surface area contributed by atoms with Crippen molar-refractivity contribution in [3.8, 4) is 0 Å². The average Bonchev–Trinajstić information content (AvgIpc) is 2.37. The minimum Gasteiger partial charge on any atom is -0.394 e. The molecule has 0 aliphatic heterocycles. The number of pyridine rings is 1. The summed E-state index contributed by atoms with van der Waals surface area (Å²) in [6, 6.07) is 3.76. The van der Waals surface area contributed by atoms with Gasteiger partial charge in [0.25, 0.3) is 0 Å². The summed E-state index contributed by atoms with van der Waals surface area (Å²) in [6.07, 6.45) is 4.17. The molecular weight excluding hydrogens is 228 g/mol. The van der Waals surface area contributed by atoms with Crippen molar-refractivity contribution in [2.75, 3.05) is 11.9 Å². The normalized spacial score (nSPS) is 12.9. The molecule has 0 radical (unpaired) electrons. The van der Waals surface area contributed by atoms with Crippen LogP contribution in [0.5, 0.6) is 0 Å². The Kier molecular flexibility index (Phi) is 4.04. The monoisotopic (exact) mass is 246 g/mol. The lowest BCUT2D eigenvalue weighted by atomic mass is 10.0. The quantitative estimate of drug-likeness (QED) is 0.842. The molecule has 96 valence electrons. The maximum absolute atomic E-state index is 9.33. The van der Waals surface area contributed by atoms with Crippen LogP contribution in [-0.2, 0) is 0 Å². The summed E-state index contributed by atoms with van der Waals surface area (Å²) in [5.74, 6) is 1.25. The molecule has 0 fully saturated rings. The van der Waals surface area contributed by atoms with Crippen LogP contribution >= 0.6 is 0 Å². The number of fused-ring (bicyclic) bond motifs is 1. The van der Waals surface area contributed by atoms with Gasteiger partial charge in [0.1, 0.15) is 11.3 Å². The Morgan fingerprint density at radius 1 is 1.22 bits per heavy atom. The summed E-state index contributed by atoms with van der Waals surface area (Å²) in [5, 5.41) is 12.6. The predicted molar refractivity (Wildman–Crippen MR) is 71.3 cm³/mol. The van der Waals surface area contributed by atoms with Crippen LogP contribution in [0, 0.1) is 5.92 Å². The number of nitrogens with zero attached hydrogens (tertiary/aromatic N) is 3. The van der Waals surface area contributed by atoms with E-state index >= 15 is 0 Å². The molecular formula is C13H18N4O.